The number of anilines is 2. The summed E-state index contributed by atoms with van der Waals surface area (Å²) in [5.41, 5.74) is 0.991. The molecule has 0 saturated carbocycles. The van der Waals surface area contributed by atoms with Crippen LogP contribution in [0, 0.1) is 6.92 Å². The van der Waals surface area contributed by atoms with Gasteiger partial charge in [0.1, 0.15) is 5.82 Å². The normalized spacial score (nSPS) is 16.7. The van der Waals surface area contributed by atoms with Crippen LogP contribution in [0.15, 0.2) is 18.7 Å². The van der Waals surface area contributed by atoms with E-state index in [0.717, 1.165) is 37.7 Å². The van der Waals surface area contributed by atoms with Gasteiger partial charge < -0.3 is 15.1 Å². The molecule has 5 heteroatoms. The van der Waals surface area contributed by atoms with Crippen LogP contribution >= 0.6 is 0 Å². The van der Waals surface area contributed by atoms with E-state index in [9.17, 15) is 0 Å². The van der Waals surface area contributed by atoms with E-state index in [0.29, 0.717) is 12.5 Å². The maximum absolute atomic E-state index is 4.56. The fourth-order valence-electron chi connectivity index (χ4n) is 1.99. The van der Waals surface area contributed by atoms with E-state index in [1.807, 2.05) is 13.0 Å². The number of nitrogens with zero attached hydrogens (tertiary/aromatic N) is 4. The molecule has 18 heavy (non-hydrogen) atoms. The number of aromatic nitrogens is 2. The van der Waals surface area contributed by atoms with Gasteiger partial charge in [0.05, 0.1) is 0 Å². The quantitative estimate of drug-likeness (QED) is 0.808. The molecule has 1 aromatic heterocycles. The minimum absolute atomic E-state index is 0.684. The van der Waals surface area contributed by atoms with Crippen LogP contribution in [0.5, 0.6) is 0 Å². The second-order valence-electron chi connectivity index (χ2n) is 4.65. The van der Waals surface area contributed by atoms with Gasteiger partial charge in [0.25, 0.3) is 0 Å². The number of piperazine rings is 1. The van der Waals surface area contributed by atoms with Crippen LogP contribution < -0.4 is 10.2 Å². The van der Waals surface area contributed by atoms with Crippen molar-refractivity contribution in [3.63, 3.8) is 0 Å². The lowest BCUT2D eigenvalue weighted by Gasteiger charge is -2.33. The molecule has 2 heterocycles. The van der Waals surface area contributed by atoms with Crippen LogP contribution in [0.25, 0.3) is 0 Å². The average molecular weight is 247 g/mol. The second-order valence-corrected chi connectivity index (χ2v) is 4.65. The topological polar surface area (TPSA) is 44.3 Å². The second kappa shape index (κ2) is 5.82. The Labute approximate surface area is 109 Å². The number of hydrogen-bond donors (Lipinski definition) is 1. The third-order valence-electron chi connectivity index (χ3n) is 3.07. The van der Waals surface area contributed by atoms with Gasteiger partial charge in [-0.15, -0.1) is 6.58 Å². The Kier molecular flexibility index (Phi) is 4.15. The number of hydrogen-bond acceptors (Lipinski definition) is 5. The summed E-state index contributed by atoms with van der Waals surface area (Å²) in [7, 11) is 2.15. The maximum Gasteiger partial charge on any atom is 0.225 e. The molecule has 1 aliphatic rings. The Bertz CT molecular complexity index is 410. The minimum atomic E-state index is 0.684. The molecular weight excluding hydrogens is 226 g/mol. The predicted octanol–water partition coefficient (Wildman–Crippen LogP) is 1.13. The van der Waals surface area contributed by atoms with Gasteiger partial charge in [0.2, 0.25) is 5.95 Å². The highest BCUT2D eigenvalue weighted by molar-refractivity contribution is 5.45. The molecule has 1 aliphatic heterocycles. The molecule has 5 nitrogen and oxygen atoms in total. The Morgan fingerprint density at radius 3 is 2.72 bits per heavy atom. The van der Waals surface area contributed by atoms with Gasteiger partial charge in [0, 0.05) is 44.5 Å². The van der Waals surface area contributed by atoms with Crippen LogP contribution in [-0.2, 0) is 0 Å². The molecule has 0 bridgehead atoms. The lowest BCUT2D eigenvalue weighted by atomic mass is 10.3. The maximum atomic E-state index is 4.56. The Hall–Kier alpha value is -1.62. The standard InChI is InChI=1S/C13H21N5/c1-4-5-14-13-15-11(2)10-12(16-13)18-8-6-17(3)7-9-18/h4,10H,1,5-9H2,2-3H3,(H,14,15,16). The minimum Gasteiger partial charge on any atom is -0.354 e. The van der Waals surface area contributed by atoms with Crippen molar-refractivity contribution in [3.05, 3.63) is 24.4 Å². The van der Waals surface area contributed by atoms with E-state index in [1.54, 1.807) is 6.08 Å². The van der Waals surface area contributed by atoms with Gasteiger partial charge in [-0.3, -0.25) is 0 Å². The number of rotatable bonds is 4. The van der Waals surface area contributed by atoms with Crippen molar-refractivity contribution >= 4 is 11.8 Å². The average Bonchev–Trinajstić information content (AvgIpc) is 2.36. The van der Waals surface area contributed by atoms with E-state index >= 15 is 0 Å². The zero-order valence-corrected chi connectivity index (χ0v) is 11.2. The molecule has 0 unspecified atom stereocenters. The molecule has 98 valence electrons. The molecular formula is C13H21N5. The Balaban J connectivity index is 2.11. The van der Waals surface area contributed by atoms with Crippen LogP contribution in [0.3, 0.4) is 0 Å². The van der Waals surface area contributed by atoms with Crippen LogP contribution in [0.1, 0.15) is 5.69 Å². The molecule has 1 N–H and O–H groups in total. The summed E-state index contributed by atoms with van der Waals surface area (Å²) in [5.74, 6) is 1.70. The van der Waals surface area contributed by atoms with Crippen molar-refractivity contribution in [1.82, 2.24) is 14.9 Å². The fourth-order valence-corrected chi connectivity index (χ4v) is 1.99. The summed E-state index contributed by atoms with van der Waals surface area (Å²) in [4.78, 5) is 13.6. The van der Waals surface area contributed by atoms with Crippen molar-refractivity contribution in [1.29, 1.82) is 0 Å². The molecule has 0 atom stereocenters. The molecule has 0 aromatic carbocycles. The van der Waals surface area contributed by atoms with Crippen LogP contribution in [0.2, 0.25) is 0 Å². The van der Waals surface area contributed by atoms with E-state index in [1.165, 1.54) is 0 Å². The lowest BCUT2D eigenvalue weighted by molar-refractivity contribution is 0.312. The predicted molar refractivity (Wildman–Crippen MR) is 75.2 cm³/mol. The van der Waals surface area contributed by atoms with Gasteiger partial charge in [-0.2, -0.15) is 4.98 Å². The first-order chi connectivity index (χ1) is 8.69. The number of nitrogens with one attached hydrogen (secondary N) is 1. The summed E-state index contributed by atoms with van der Waals surface area (Å²) in [6, 6.07) is 2.05. The molecule has 1 saturated heterocycles. The molecule has 2 rings (SSSR count). The largest absolute Gasteiger partial charge is 0.354 e. The van der Waals surface area contributed by atoms with E-state index < -0.39 is 0 Å². The summed E-state index contributed by atoms with van der Waals surface area (Å²) < 4.78 is 0. The van der Waals surface area contributed by atoms with Gasteiger partial charge in [-0.1, -0.05) is 6.08 Å². The number of likely N-dealkylation sites (N-methyl/N-ethyl adjacent to an activating group) is 1. The zero-order valence-electron chi connectivity index (χ0n) is 11.2. The highest BCUT2D eigenvalue weighted by Gasteiger charge is 2.16. The molecule has 0 amide bonds. The van der Waals surface area contributed by atoms with E-state index in [2.05, 4.69) is 38.7 Å². The number of aryl methyl sites for hydroxylation is 1. The first-order valence-corrected chi connectivity index (χ1v) is 6.33. The smallest absolute Gasteiger partial charge is 0.225 e. The molecule has 0 radical (unpaired) electrons. The molecule has 0 aliphatic carbocycles. The third kappa shape index (κ3) is 3.20. The van der Waals surface area contributed by atoms with Gasteiger partial charge in [-0.25, -0.2) is 4.98 Å². The van der Waals surface area contributed by atoms with Crippen LogP contribution in [0.4, 0.5) is 11.8 Å². The van der Waals surface area contributed by atoms with Crippen molar-refractivity contribution < 1.29 is 0 Å². The molecule has 1 fully saturated rings. The van der Waals surface area contributed by atoms with Crippen LogP contribution in [-0.4, -0.2) is 54.6 Å². The van der Waals surface area contributed by atoms with Crippen molar-refractivity contribution in [2.45, 2.75) is 6.92 Å². The van der Waals surface area contributed by atoms with Crippen molar-refractivity contribution in [3.8, 4) is 0 Å². The summed E-state index contributed by atoms with van der Waals surface area (Å²) in [5, 5.41) is 3.15. The molecule has 0 spiro atoms. The van der Waals surface area contributed by atoms with Gasteiger partial charge in [-0.05, 0) is 14.0 Å². The zero-order chi connectivity index (χ0) is 13.0. The Morgan fingerprint density at radius 1 is 1.33 bits per heavy atom. The highest BCUT2D eigenvalue weighted by atomic mass is 15.3. The first-order valence-electron chi connectivity index (χ1n) is 6.33. The molecule has 1 aromatic rings. The van der Waals surface area contributed by atoms with Crippen molar-refractivity contribution in [2.75, 3.05) is 50.0 Å². The van der Waals surface area contributed by atoms with Gasteiger partial charge >= 0.3 is 0 Å². The highest BCUT2D eigenvalue weighted by Crippen LogP contribution is 2.16. The summed E-state index contributed by atoms with van der Waals surface area (Å²) in [6.07, 6.45) is 1.81. The SMILES string of the molecule is C=CCNc1nc(C)cc(N2CCN(C)CC2)n1. The van der Waals surface area contributed by atoms with Crippen molar-refractivity contribution in [2.24, 2.45) is 0 Å². The third-order valence-corrected chi connectivity index (χ3v) is 3.07. The van der Waals surface area contributed by atoms with E-state index in [4.69, 9.17) is 0 Å². The van der Waals surface area contributed by atoms with Gasteiger partial charge in [0.15, 0.2) is 0 Å². The monoisotopic (exact) mass is 247 g/mol. The lowest BCUT2D eigenvalue weighted by Crippen LogP contribution is -2.44. The Morgan fingerprint density at radius 2 is 2.06 bits per heavy atom. The first kappa shape index (κ1) is 12.8. The fraction of sp³-hybridized carbons (Fsp3) is 0.538. The summed E-state index contributed by atoms with van der Waals surface area (Å²) in [6.45, 7) is 10.6. The van der Waals surface area contributed by atoms with E-state index in [-0.39, 0.29) is 0 Å². The summed E-state index contributed by atoms with van der Waals surface area (Å²) >= 11 is 0.